The van der Waals surface area contributed by atoms with Gasteiger partial charge in [-0.1, -0.05) is 24.3 Å². The first-order valence-corrected chi connectivity index (χ1v) is 6.32. The van der Waals surface area contributed by atoms with Crippen molar-refractivity contribution in [1.29, 1.82) is 0 Å². The highest BCUT2D eigenvalue weighted by molar-refractivity contribution is 7.12. The lowest BCUT2D eigenvalue weighted by Gasteiger charge is -2.05. The Morgan fingerprint density at radius 3 is 2.75 bits per heavy atom. The SMILES string of the molecule is CC(Cl)c1cccc(C(=O)c2cccs2)c1. The molecule has 0 saturated carbocycles. The van der Waals surface area contributed by atoms with E-state index in [9.17, 15) is 4.79 Å². The number of carbonyl (C=O) groups is 1. The zero-order valence-electron chi connectivity index (χ0n) is 8.81. The van der Waals surface area contributed by atoms with Gasteiger partial charge < -0.3 is 0 Å². The van der Waals surface area contributed by atoms with Crippen molar-refractivity contribution in [2.75, 3.05) is 0 Å². The second kappa shape index (κ2) is 4.81. The minimum Gasteiger partial charge on any atom is -0.288 e. The zero-order valence-corrected chi connectivity index (χ0v) is 10.4. The molecule has 16 heavy (non-hydrogen) atoms. The Balaban J connectivity index is 2.34. The quantitative estimate of drug-likeness (QED) is 0.587. The van der Waals surface area contributed by atoms with Gasteiger partial charge in [-0.25, -0.2) is 0 Å². The summed E-state index contributed by atoms with van der Waals surface area (Å²) in [6.45, 7) is 1.90. The lowest BCUT2D eigenvalue weighted by molar-refractivity contribution is 0.104. The molecule has 0 aliphatic rings. The summed E-state index contributed by atoms with van der Waals surface area (Å²) in [4.78, 5) is 12.8. The largest absolute Gasteiger partial charge is 0.288 e. The second-order valence-electron chi connectivity index (χ2n) is 3.55. The van der Waals surface area contributed by atoms with Crippen molar-refractivity contribution in [3.63, 3.8) is 0 Å². The smallest absolute Gasteiger partial charge is 0.202 e. The highest BCUT2D eigenvalue weighted by Gasteiger charge is 2.11. The topological polar surface area (TPSA) is 17.1 Å². The van der Waals surface area contributed by atoms with E-state index in [1.165, 1.54) is 11.3 Å². The fourth-order valence-corrected chi connectivity index (χ4v) is 2.30. The minimum atomic E-state index is -0.0731. The standard InChI is InChI=1S/C13H11ClOS/c1-9(14)10-4-2-5-11(8-10)13(15)12-6-3-7-16-12/h2-9H,1H3. The zero-order chi connectivity index (χ0) is 11.5. The second-order valence-corrected chi connectivity index (χ2v) is 5.15. The fourth-order valence-electron chi connectivity index (χ4n) is 1.48. The fraction of sp³-hybridized carbons (Fsp3) is 0.154. The summed E-state index contributed by atoms with van der Waals surface area (Å²) in [5.74, 6) is 0.0640. The van der Waals surface area contributed by atoms with E-state index in [4.69, 9.17) is 11.6 Å². The Morgan fingerprint density at radius 1 is 1.31 bits per heavy atom. The summed E-state index contributed by atoms with van der Waals surface area (Å²) >= 11 is 7.45. The van der Waals surface area contributed by atoms with Gasteiger partial charge in [-0.05, 0) is 30.0 Å². The lowest BCUT2D eigenvalue weighted by Crippen LogP contribution is -1.99. The van der Waals surface area contributed by atoms with Crippen LogP contribution in [0.4, 0.5) is 0 Å². The molecule has 1 unspecified atom stereocenters. The van der Waals surface area contributed by atoms with Gasteiger partial charge in [0.05, 0.1) is 10.3 Å². The average Bonchev–Trinajstić information content (AvgIpc) is 2.81. The Kier molecular flexibility index (Phi) is 3.42. The van der Waals surface area contributed by atoms with Crippen LogP contribution in [-0.2, 0) is 0 Å². The van der Waals surface area contributed by atoms with Crippen molar-refractivity contribution in [3.05, 3.63) is 57.8 Å². The molecule has 0 amide bonds. The van der Waals surface area contributed by atoms with E-state index in [0.29, 0.717) is 5.56 Å². The van der Waals surface area contributed by atoms with Gasteiger partial charge >= 0.3 is 0 Å². The Labute approximate surface area is 104 Å². The normalized spacial score (nSPS) is 12.4. The van der Waals surface area contributed by atoms with Crippen LogP contribution in [0.25, 0.3) is 0 Å². The molecular formula is C13H11ClOS. The maximum absolute atomic E-state index is 12.0. The van der Waals surface area contributed by atoms with Crippen LogP contribution in [0, 0.1) is 0 Å². The van der Waals surface area contributed by atoms with Crippen LogP contribution in [0.2, 0.25) is 0 Å². The van der Waals surface area contributed by atoms with E-state index in [1.54, 1.807) is 0 Å². The number of halogens is 1. The highest BCUT2D eigenvalue weighted by atomic mass is 35.5. The lowest BCUT2D eigenvalue weighted by atomic mass is 10.0. The predicted molar refractivity (Wildman–Crippen MR) is 68.5 cm³/mol. The number of hydrogen-bond acceptors (Lipinski definition) is 2. The molecule has 0 radical (unpaired) electrons. The summed E-state index contributed by atoms with van der Waals surface area (Å²) in [5.41, 5.74) is 1.68. The molecule has 1 heterocycles. The molecule has 1 aromatic heterocycles. The molecule has 0 fully saturated rings. The number of hydrogen-bond donors (Lipinski definition) is 0. The van der Waals surface area contributed by atoms with Gasteiger partial charge in [0, 0.05) is 5.56 Å². The molecule has 0 N–H and O–H groups in total. The summed E-state index contributed by atoms with van der Waals surface area (Å²) < 4.78 is 0. The first-order chi connectivity index (χ1) is 7.68. The Hall–Kier alpha value is -1.12. The van der Waals surface area contributed by atoms with Crippen LogP contribution < -0.4 is 0 Å². The van der Waals surface area contributed by atoms with E-state index >= 15 is 0 Å². The van der Waals surface area contributed by atoms with Gasteiger partial charge in [0.1, 0.15) is 0 Å². The van der Waals surface area contributed by atoms with Crippen molar-refractivity contribution < 1.29 is 4.79 Å². The van der Waals surface area contributed by atoms with E-state index in [1.807, 2.05) is 48.7 Å². The van der Waals surface area contributed by atoms with Crippen molar-refractivity contribution >= 4 is 28.7 Å². The van der Waals surface area contributed by atoms with E-state index in [-0.39, 0.29) is 11.2 Å². The third-order valence-corrected chi connectivity index (χ3v) is 3.47. The number of alkyl halides is 1. The monoisotopic (exact) mass is 250 g/mol. The van der Waals surface area contributed by atoms with E-state index in [2.05, 4.69) is 0 Å². The van der Waals surface area contributed by atoms with Crippen molar-refractivity contribution in [2.24, 2.45) is 0 Å². The van der Waals surface area contributed by atoms with Gasteiger partial charge in [0.25, 0.3) is 0 Å². The van der Waals surface area contributed by atoms with E-state index < -0.39 is 0 Å². The van der Waals surface area contributed by atoms with Crippen molar-refractivity contribution in [3.8, 4) is 0 Å². The van der Waals surface area contributed by atoms with Gasteiger partial charge in [-0.2, -0.15) is 0 Å². The average molecular weight is 251 g/mol. The molecule has 82 valence electrons. The number of ketones is 1. The summed E-state index contributed by atoms with van der Waals surface area (Å²) in [7, 11) is 0. The Bertz CT molecular complexity index is 488. The Morgan fingerprint density at radius 2 is 2.12 bits per heavy atom. The molecule has 1 nitrogen and oxygen atoms in total. The van der Waals surface area contributed by atoms with Crippen LogP contribution in [0.5, 0.6) is 0 Å². The van der Waals surface area contributed by atoms with Gasteiger partial charge in [0.15, 0.2) is 0 Å². The highest BCUT2D eigenvalue weighted by Crippen LogP contribution is 2.22. The van der Waals surface area contributed by atoms with Gasteiger partial charge in [-0.3, -0.25) is 4.79 Å². The molecule has 0 spiro atoms. The van der Waals surface area contributed by atoms with Crippen molar-refractivity contribution in [2.45, 2.75) is 12.3 Å². The number of rotatable bonds is 3. The van der Waals surface area contributed by atoms with E-state index in [0.717, 1.165) is 10.4 Å². The van der Waals surface area contributed by atoms with Crippen LogP contribution >= 0.6 is 22.9 Å². The third kappa shape index (κ3) is 2.34. The maximum Gasteiger partial charge on any atom is 0.202 e. The maximum atomic E-state index is 12.0. The number of carbonyl (C=O) groups excluding carboxylic acids is 1. The summed E-state index contributed by atoms with van der Waals surface area (Å²) in [5, 5.41) is 1.83. The number of benzene rings is 1. The minimum absolute atomic E-state index is 0.0640. The molecule has 0 saturated heterocycles. The first kappa shape index (κ1) is 11.4. The predicted octanol–water partition coefficient (Wildman–Crippen LogP) is 4.28. The molecule has 0 aliphatic heterocycles. The van der Waals surface area contributed by atoms with Crippen LogP contribution in [0.1, 0.15) is 33.1 Å². The van der Waals surface area contributed by atoms with Crippen LogP contribution in [0.15, 0.2) is 41.8 Å². The molecule has 2 rings (SSSR count). The molecule has 0 bridgehead atoms. The molecular weight excluding hydrogens is 240 g/mol. The first-order valence-electron chi connectivity index (χ1n) is 5.00. The molecule has 1 aromatic carbocycles. The molecule has 3 heteroatoms. The van der Waals surface area contributed by atoms with Gasteiger partial charge in [0.2, 0.25) is 5.78 Å². The van der Waals surface area contributed by atoms with Crippen molar-refractivity contribution in [1.82, 2.24) is 0 Å². The summed E-state index contributed by atoms with van der Waals surface area (Å²) in [6.07, 6.45) is 0. The molecule has 1 atom stereocenters. The third-order valence-electron chi connectivity index (χ3n) is 2.35. The summed E-state index contributed by atoms with van der Waals surface area (Å²) in [6, 6.07) is 11.2. The molecule has 0 aliphatic carbocycles. The van der Waals surface area contributed by atoms with Crippen LogP contribution in [0.3, 0.4) is 0 Å². The molecule has 2 aromatic rings. The van der Waals surface area contributed by atoms with Gasteiger partial charge in [-0.15, -0.1) is 22.9 Å². The van der Waals surface area contributed by atoms with Crippen LogP contribution in [-0.4, -0.2) is 5.78 Å². The number of thiophene rings is 1.